The molecule has 4 atom stereocenters. The highest BCUT2D eigenvalue weighted by molar-refractivity contribution is 6.30. The molecule has 0 bridgehead atoms. The lowest BCUT2D eigenvalue weighted by molar-refractivity contribution is -0.133. The molecule has 0 spiro atoms. The first-order valence-electron chi connectivity index (χ1n) is 12.7. The number of hydrogen-bond acceptors (Lipinski definition) is 5. The van der Waals surface area contributed by atoms with Crippen LogP contribution in [0.4, 0.5) is 0 Å². The first kappa shape index (κ1) is 30.1. The molecule has 8 nitrogen and oxygen atoms in total. The van der Waals surface area contributed by atoms with Crippen molar-refractivity contribution in [2.75, 3.05) is 6.54 Å². The predicted molar refractivity (Wildman–Crippen MR) is 146 cm³/mol. The molecule has 0 aromatic heterocycles. The van der Waals surface area contributed by atoms with E-state index in [0.29, 0.717) is 24.4 Å². The molecule has 9 heteroatoms. The van der Waals surface area contributed by atoms with E-state index < -0.39 is 29.9 Å². The van der Waals surface area contributed by atoms with Crippen LogP contribution in [0.15, 0.2) is 48.5 Å². The van der Waals surface area contributed by atoms with Gasteiger partial charge in [0.1, 0.15) is 17.8 Å². The van der Waals surface area contributed by atoms with Crippen molar-refractivity contribution < 1.29 is 19.5 Å². The molecular formula is C28H39ClN4O4. The van der Waals surface area contributed by atoms with Gasteiger partial charge in [-0.15, -0.1) is 0 Å². The summed E-state index contributed by atoms with van der Waals surface area (Å²) < 4.78 is 0. The van der Waals surface area contributed by atoms with E-state index in [-0.39, 0.29) is 29.9 Å². The van der Waals surface area contributed by atoms with Gasteiger partial charge < -0.3 is 26.8 Å². The molecule has 0 saturated carbocycles. The number of hydrogen-bond donors (Lipinski definition) is 5. The Bertz CT molecular complexity index is 1030. The largest absolute Gasteiger partial charge is 0.508 e. The van der Waals surface area contributed by atoms with E-state index in [1.807, 2.05) is 39.8 Å². The first-order chi connectivity index (χ1) is 17.5. The molecule has 2 aromatic rings. The van der Waals surface area contributed by atoms with Crippen LogP contribution in [0.2, 0.25) is 5.02 Å². The molecule has 0 saturated heterocycles. The number of amides is 3. The number of aromatic hydroxyl groups is 1. The summed E-state index contributed by atoms with van der Waals surface area (Å²) in [5.41, 5.74) is 7.78. The van der Waals surface area contributed by atoms with Crippen molar-refractivity contribution in [3.8, 4) is 5.75 Å². The van der Waals surface area contributed by atoms with Crippen molar-refractivity contribution in [1.29, 1.82) is 0 Å². The second-order valence-corrected chi connectivity index (χ2v) is 10.2. The Morgan fingerprint density at radius 2 is 1.49 bits per heavy atom. The zero-order chi connectivity index (χ0) is 27.5. The van der Waals surface area contributed by atoms with Gasteiger partial charge in [-0.2, -0.15) is 0 Å². The van der Waals surface area contributed by atoms with Crippen LogP contribution < -0.4 is 21.7 Å². The summed E-state index contributed by atoms with van der Waals surface area (Å²) in [4.78, 5) is 39.2. The second kappa shape index (κ2) is 14.6. The van der Waals surface area contributed by atoms with Crippen LogP contribution in [-0.4, -0.2) is 47.5 Å². The lowest BCUT2D eigenvalue weighted by Crippen LogP contribution is -2.58. The van der Waals surface area contributed by atoms with E-state index in [4.69, 9.17) is 17.3 Å². The van der Waals surface area contributed by atoms with E-state index in [0.717, 1.165) is 11.1 Å². The van der Waals surface area contributed by atoms with Crippen LogP contribution in [-0.2, 0) is 27.2 Å². The molecule has 202 valence electrons. The minimum Gasteiger partial charge on any atom is -0.508 e. The molecule has 0 aliphatic heterocycles. The summed E-state index contributed by atoms with van der Waals surface area (Å²) >= 11 is 5.93. The highest BCUT2D eigenvalue weighted by Gasteiger charge is 2.31. The monoisotopic (exact) mass is 530 g/mol. The van der Waals surface area contributed by atoms with Crippen molar-refractivity contribution in [3.05, 3.63) is 64.7 Å². The summed E-state index contributed by atoms with van der Waals surface area (Å²) in [5, 5.41) is 18.8. The zero-order valence-electron chi connectivity index (χ0n) is 22.0. The Kier molecular flexibility index (Phi) is 11.9. The summed E-state index contributed by atoms with van der Waals surface area (Å²) in [6, 6.07) is 11.3. The third kappa shape index (κ3) is 9.70. The number of nitrogens with one attached hydrogen (secondary N) is 3. The second-order valence-electron chi connectivity index (χ2n) is 9.74. The van der Waals surface area contributed by atoms with Crippen molar-refractivity contribution in [3.63, 3.8) is 0 Å². The van der Waals surface area contributed by atoms with E-state index in [9.17, 15) is 19.5 Å². The zero-order valence-corrected chi connectivity index (χ0v) is 22.7. The number of halogens is 1. The molecule has 0 unspecified atom stereocenters. The topological polar surface area (TPSA) is 134 Å². The number of nitrogens with two attached hydrogens (primary N) is 1. The fourth-order valence-electron chi connectivity index (χ4n) is 3.69. The number of phenolic OH excluding ortho intramolecular Hbond substituents is 1. The molecular weight excluding hydrogens is 492 g/mol. The van der Waals surface area contributed by atoms with Crippen molar-refractivity contribution >= 4 is 29.3 Å². The number of benzene rings is 2. The molecule has 6 N–H and O–H groups in total. The molecule has 3 amide bonds. The van der Waals surface area contributed by atoms with E-state index in [1.54, 1.807) is 24.3 Å². The number of phenols is 1. The van der Waals surface area contributed by atoms with Gasteiger partial charge in [0, 0.05) is 18.0 Å². The Morgan fingerprint density at radius 3 is 2.05 bits per heavy atom. The molecule has 0 fully saturated rings. The van der Waals surface area contributed by atoms with E-state index in [2.05, 4.69) is 16.0 Å². The first-order valence-corrected chi connectivity index (χ1v) is 13.1. The van der Waals surface area contributed by atoms with Gasteiger partial charge in [-0.05, 0) is 53.6 Å². The molecule has 0 aliphatic carbocycles. The quantitative estimate of drug-likeness (QED) is 0.271. The molecule has 2 rings (SSSR count). The normalized spacial score (nSPS) is 14.4. The average molecular weight is 531 g/mol. The van der Waals surface area contributed by atoms with Gasteiger partial charge in [0.15, 0.2) is 0 Å². The van der Waals surface area contributed by atoms with Crippen LogP contribution in [0.5, 0.6) is 5.75 Å². The standard InChI is InChI=1S/C28H39ClN4O4/c1-5-18(4)25(28(37)31-15-14-19-6-10-21(29)11-7-19)33-26(35)23(32-27(36)24(30)17(2)3)16-20-8-12-22(34)13-9-20/h6-13,17-18,23-25,34H,5,14-16,30H2,1-4H3,(H,31,37)(H,32,36)(H,33,35)/t18-,23-,24-,25-/m0/s1. The third-order valence-corrected chi connectivity index (χ3v) is 6.70. The Hall–Kier alpha value is -3.10. The Morgan fingerprint density at radius 1 is 0.892 bits per heavy atom. The number of carbonyl (C=O) groups is 3. The number of carbonyl (C=O) groups excluding carboxylic acids is 3. The smallest absolute Gasteiger partial charge is 0.243 e. The SMILES string of the molecule is CC[C@H](C)[C@H](NC(=O)[C@H](Cc1ccc(O)cc1)NC(=O)[C@@H](N)C(C)C)C(=O)NCCc1ccc(Cl)cc1. The minimum atomic E-state index is -0.949. The van der Waals surface area contributed by atoms with Gasteiger partial charge >= 0.3 is 0 Å². The average Bonchev–Trinajstić information content (AvgIpc) is 2.87. The van der Waals surface area contributed by atoms with E-state index in [1.165, 1.54) is 12.1 Å². The lowest BCUT2D eigenvalue weighted by Gasteiger charge is -2.27. The molecule has 0 heterocycles. The highest BCUT2D eigenvalue weighted by atomic mass is 35.5. The summed E-state index contributed by atoms with van der Waals surface area (Å²) in [5.74, 6) is -1.36. The summed E-state index contributed by atoms with van der Waals surface area (Å²) in [6.45, 7) is 7.90. The van der Waals surface area contributed by atoms with Crippen molar-refractivity contribution in [1.82, 2.24) is 16.0 Å². The molecule has 2 aromatic carbocycles. The summed E-state index contributed by atoms with van der Waals surface area (Å²) in [7, 11) is 0. The van der Waals surface area contributed by atoms with Crippen LogP contribution >= 0.6 is 11.6 Å². The molecule has 37 heavy (non-hydrogen) atoms. The maximum absolute atomic E-state index is 13.4. The van der Waals surface area contributed by atoms with Crippen molar-refractivity contribution in [2.24, 2.45) is 17.6 Å². The van der Waals surface area contributed by atoms with Gasteiger partial charge in [0.2, 0.25) is 17.7 Å². The summed E-state index contributed by atoms with van der Waals surface area (Å²) in [6.07, 6.45) is 1.47. The van der Waals surface area contributed by atoms with Gasteiger partial charge in [0.05, 0.1) is 6.04 Å². The fraction of sp³-hybridized carbons (Fsp3) is 0.464. The molecule has 0 radical (unpaired) electrons. The highest BCUT2D eigenvalue weighted by Crippen LogP contribution is 2.14. The Labute approximate surface area is 224 Å². The van der Waals surface area contributed by atoms with Gasteiger partial charge in [0.25, 0.3) is 0 Å². The predicted octanol–water partition coefficient (Wildman–Crippen LogP) is 2.95. The maximum atomic E-state index is 13.4. The maximum Gasteiger partial charge on any atom is 0.243 e. The van der Waals surface area contributed by atoms with Crippen LogP contribution in [0.1, 0.15) is 45.2 Å². The van der Waals surface area contributed by atoms with Gasteiger partial charge in [-0.3, -0.25) is 14.4 Å². The van der Waals surface area contributed by atoms with Crippen molar-refractivity contribution in [2.45, 2.75) is 65.1 Å². The molecule has 0 aliphatic rings. The lowest BCUT2D eigenvalue weighted by atomic mass is 9.96. The van der Waals surface area contributed by atoms with Gasteiger partial charge in [-0.1, -0.05) is 70.0 Å². The minimum absolute atomic E-state index is 0.0997. The number of rotatable bonds is 13. The van der Waals surface area contributed by atoms with E-state index >= 15 is 0 Å². The van der Waals surface area contributed by atoms with Gasteiger partial charge in [-0.25, -0.2) is 0 Å². The Balaban J connectivity index is 2.13. The van der Waals surface area contributed by atoms with Crippen LogP contribution in [0.3, 0.4) is 0 Å². The van der Waals surface area contributed by atoms with Crippen LogP contribution in [0.25, 0.3) is 0 Å². The third-order valence-electron chi connectivity index (χ3n) is 6.45. The van der Waals surface area contributed by atoms with Crippen LogP contribution in [0, 0.1) is 11.8 Å². The fourth-order valence-corrected chi connectivity index (χ4v) is 3.82.